The molecule has 40 heavy (non-hydrogen) atoms. The number of rotatable bonds is 2. The van der Waals surface area contributed by atoms with Crippen LogP contribution in [0, 0.1) is 0 Å². The van der Waals surface area contributed by atoms with Crippen molar-refractivity contribution in [1.29, 1.82) is 0 Å². The van der Waals surface area contributed by atoms with Crippen LogP contribution in [0.4, 0.5) is 11.4 Å². The van der Waals surface area contributed by atoms with Crippen LogP contribution in [0.1, 0.15) is 50.7 Å². The standard InChI is InChI=1S/C31H30N8.Cu/c1-30(2)24-18-38(22-11-7-5-8-12-22)26(36-24)27-37-25(19-39(27)23-13-9-6-10-14-23)31(3,4)29-33-17-21(35-29)15-20-16-32-28(30)34-20;/h5-14,16-19,26-27H,15H2,1-4H3;/q-4;. The van der Waals surface area contributed by atoms with E-state index in [1.54, 1.807) is 0 Å². The van der Waals surface area contributed by atoms with Gasteiger partial charge in [-0.05, 0) is 66.2 Å². The van der Waals surface area contributed by atoms with Crippen molar-refractivity contribution in [2.24, 2.45) is 0 Å². The Morgan fingerprint density at radius 2 is 1.05 bits per heavy atom. The molecule has 0 saturated heterocycles. The van der Waals surface area contributed by atoms with Gasteiger partial charge in [0.2, 0.25) is 0 Å². The fourth-order valence-electron chi connectivity index (χ4n) is 5.46. The number of hydrogen-bond donors (Lipinski definition) is 0. The van der Waals surface area contributed by atoms with Crippen molar-refractivity contribution in [1.82, 2.24) is 19.9 Å². The van der Waals surface area contributed by atoms with Crippen molar-refractivity contribution in [3.63, 3.8) is 0 Å². The van der Waals surface area contributed by atoms with Crippen LogP contribution in [-0.4, -0.2) is 22.3 Å². The molecular formula is C31H30CuN8-4. The molecule has 0 N–H and O–H groups in total. The summed E-state index contributed by atoms with van der Waals surface area (Å²) in [7, 11) is 0. The molecule has 0 saturated carbocycles. The normalized spacial score (nSPS) is 22.2. The predicted molar refractivity (Wildman–Crippen MR) is 152 cm³/mol. The molecule has 3 aliphatic heterocycles. The maximum atomic E-state index is 5.37. The number of imidazole rings is 2. The quantitative estimate of drug-likeness (QED) is 0.285. The number of allylic oxidation sites excluding steroid dienone is 2. The van der Waals surface area contributed by atoms with Gasteiger partial charge in [0, 0.05) is 28.4 Å². The minimum Gasteiger partial charge on any atom is -0.666 e. The smallest absolute Gasteiger partial charge is 0.0394 e. The van der Waals surface area contributed by atoms with Crippen molar-refractivity contribution >= 4 is 11.4 Å². The first-order chi connectivity index (χ1) is 18.8. The molecule has 0 fully saturated rings. The Kier molecular flexibility index (Phi) is 6.32. The summed E-state index contributed by atoms with van der Waals surface area (Å²) in [5, 5.41) is 10.7. The number of anilines is 2. The Morgan fingerprint density at radius 1 is 0.650 bits per heavy atom. The summed E-state index contributed by atoms with van der Waals surface area (Å²) >= 11 is 0. The predicted octanol–water partition coefficient (Wildman–Crippen LogP) is 5.67. The van der Waals surface area contributed by atoms with E-state index in [4.69, 9.17) is 30.6 Å². The second-order valence-corrected chi connectivity index (χ2v) is 11.4. The SMILES string of the molecule is CC1(C)C2=CN(c3ccccc3)C([N-]2)C2[N-]C(=CN2c2ccccc2)C(C)(C)c2ncc([n-]2)Cc2cnc1[n-]2.[Cu]. The van der Waals surface area contributed by atoms with Crippen LogP contribution in [0.2, 0.25) is 0 Å². The molecule has 2 unspecified atom stereocenters. The number of para-hydroxylation sites is 2. The Bertz CT molecular complexity index is 1450. The zero-order chi connectivity index (χ0) is 26.8. The van der Waals surface area contributed by atoms with Gasteiger partial charge < -0.3 is 40.4 Å². The topological polar surface area (TPSA) is 88.7 Å². The van der Waals surface area contributed by atoms with Gasteiger partial charge in [-0.2, -0.15) is 0 Å². The zero-order valence-corrected chi connectivity index (χ0v) is 23.8. The molecule has 9 heteroatoms. The average molecular weight is 578 g/mol. The second-order valence-electron chi connectivity index (χ2n) is 11.4. The molecule has 5 heterocycles. The first kappa shape index (κ1) is 26.3. The Balaban J connectivity index is 0.00000289. The van der Waals surface area contributed by atoms with Crippen LogP contribution in [0.25, 0.3) is 10.6 Å². The maximum absolute atomic E-state index is 5.37. The monoisotopic (exact) mass is 577 g/mol. The molecule has 2 atom stereocenters. The molecular weight excluding hydrogens is 548 g/mol. The van der Waals surface area contributed by atoms with Gasteiger partial charge in [0.05, 0.1) is 0 Å². The minimum atomic E-state index is -0.505. The summed E-state index contributed by atoms with van der Waals surface area (Å²) in [6.45, 7) is 8.55. The Labute approximate surface area is 245 Å². The first-order valence-electron chi connectivity index (χ1n) is 13.3. The summed E-state index contributed by atoms with van der Waals surface area (Å²) < 4.78 is 0. The summed E-state index contributed by atoms with van der Waals surface area (Å²) in [5.74, 6) is 1.50. The first-order valence-corrected chi connectivity index (χ1v) is 13.3. The zero-order valence-electron chi connectivity index (χ0n) is 22.8. The van der Waals surface area contributed by atoms with Crippen molar-refractivity contribution in [2.45, 2.75) is 57.3 Å². The second kappa shape index (κ2) is 9.61. The van der Waals surface area contributed by atoms with Crippen molar-refractivity contribution < 1.29 is 17.1 Å². The molecule has 3 aliphatic rings. The number of benzene rings is 2. The largest absolute Gasteiger partial charge is 0.666 e. The minimum absolute atomic E-state index is 0. The molecule has 209 valence electrons. The van der Waals surface area contributed by atoms with E-state index in [0.717, 1.165) is 45.8 Å². The van der Waals surface area contributed by atoms with Gasteiger partial charge in [-0.15, -0.1) is 11.4 Å². The Morgan fingerprint density at radius 3 is 1.45 bits per heavy atom. The van der Waals surface area contributed by atoms with E-state index in [1.807, 2.05) is 24.5 Å². The van der Waals surface area contributed by atoms with E-state index in [2.05, 4.69) is 98.4 Å². The molecule has 7 rings (SSSR count). The van der Waals surface area contributed by atoms with E-state index in [0.29, 0.717) is 6.42 Å². The van der Waals surface area contributed by atoms with E-state index in [9.17, 15) is 0 Å². The third-order valence-corrected chi connectivity index (χ3v) is 7.94. The van der Waals surface area contributed by atoms with E-state index in [-0.39, 0.29) is 29.4 Å². The van der Waals surface area contributed by atoms with Gasteiger partial charge in [-0.25, -0.2) is 0 Å². The van der Waals surface area contributed by atoms with Crippen molar-refractivity contribution in [2.75, 3.05) is 9.80 Å². The van der Waals surface area contributed by atoms with Gasteiger partial charge in [-0.1, -0.05) is 99.5 Å². The molecule has 4 aromatic rings. The summed E-state index contributed by atoms with van der Waals surface area (Å²) in [5.41, 5.74) is 4.72. The number of aromatic nitrogens is 4. The molecule has 0 amide bonds. The van der Waals surface area contributed by atoms with Crippen LogP contribution in [0.15, 0.2) is 96.9 Å². The molecule has 2 aromatic carbocycles. The molecule has 0 spiro atoms. The van der Waals surface area contributed by atoms with Gasteiger partial charge in [0.1, 0.15) is 0 Å². The molecule has 8 bridgehead atoms. The van der Waals surface area contributed by atoms with E-state index in [1.165, 1.54) is 0 Å². The number of fused-ring (bicyclic) bond motifs is 9. The summed E-state index contributed by atoms with van der Waals surface area (Å²) in [6.07, 6.45) is 7.97. The van der Waals surface area contributed by atoms with Gasteiger partial charge in [0.15, 0.2) is 0 Å². The third kappa shape index (κ3) is 4.21. The van der Waals surface area contributed by atoms with Crippen LogP contribution in [-0.2, 0) is 34.3 Å². The summed E-state index contributed by atoms with van der Waals surface area (Å²) in [6, 6.07) is 20.7. The molecule has 1 radical (unpaired) electrons. The van der Waals surface area contributed by atoms with E-state index < -0.39 is 10.8 Å². The van der Waals surface area contributed by atoms with Crippen molar-refractivity contribution in [3.05, 3.63) is 131 Å². The summed E-state index contributed by atoms with van der Waals surface area (Å²) in [4.78, 5) is 23.8. The van der Waals surface area contributed by atoms with Gasteiger partial charge >= 0.3 is 0 Å². The molecule has 8 nitrogen and oxygen atoms in total. The fourth-order valence-corrected chi connectivity index (χ4v) is 5.46. The van der Waals surface area contributed by atoms with Crippen LogP contribution in [0.5, 0.6) is 0 Å². The molecule has 2 aromatic heterocycles. The maximum Gasteiger partial charge on any atom is 0.0394 e. The average Bonchev–Trinajstić information content (AvgIpc) is 3.75. The molecule has 0 aliphatic carbocycles. The Hall–Kier alpha value is -3.94. The van der Waals surface area contributed by atoms with E-state index >= 15 is 0 Å². The van der Waals surface area contributed by atoms with Crippen LogP contribution >= 0.6 is 0 Å². The third-order valence-electron chi connectivity index (χ3n) is 7.94. The van der Waals surface area contributed by atoms with Crippen molar-refractivity contribution in [3.8, 4) is 0 Å². The fraction of sp³-hybridized carbons (Fsp3) is 0.290. The number of nitrogens with zero attached hydrogens (tertiary/aromatic N) is 8. The number of hydrogen-bond acceptors (Lipinski definition) is 4. The van der Waals surface area contributed by atoms with Gasteiger partial charge in [-0.3, -0.25) is 0 Å². The van der Waals surface area contributed by atoms with Crippen LogP contribution < -0.4 is 19.8 Å². The van der Waals surface area contributed by atoms with Crippen LogP contribution in [0.3, 0.4) is 0 Å². The van der Waals surface area contributed by atoms with Gasteiger partial charge in [0.25, 0.3) is 0 Å².